The van der Waals surface area contributed by atoms with E-state index in [0.717, 1.165) is 46.7 Å². The number of fused-ring (bicyclic) bond motifs is 2. The number of anilines is 1. The Hall–Kier alpha value is -3.97. The summed E-state index contributed by atoms with van der Waals surface area (Å²) >= 11 is 0. The lowest BCUT2D eigenvalue weighted by molar-refractivity contribution is -0.133. The predicted molar refractivity (Wildman–Crippen MR) is 140 cm³/mol. The minimum absolute atomic E-state index is 0.120. The number of para-hydroxylation sites is 2. The molecule has 0 N–H and O–H groups in total. The van der Waals surface area contributed by atoms with Crippen molar-refractivity contribution in [1.82, 2.24) is 19.8 Å². The van der Waals surface area contributed by atoms with E-state index in [1.165, 1.54) is 0 Å². The highest BCUT2D eigenvalue weighted by molar-refractivity contribution is 5.89. The molecule has 0 aliphatic carbocycles. The number of carbonyl (C=O) groups is 1. The van der Waals surface area contributed by atoms with Gasteiger partial charge in [-0.15, -0.1) is 0 Å². The first-order valence-electron chi connectivity index (χ1n) is 12.5. The average Bonchev–Trinajstić information content (AvgIpc) is 3.12. The van der Waals surface area contributed by atoms with Crippen LogP contribution in [0.1, 0.15) is 17.2 Å². The number of ether oxygens (including phenoxy) is 1. The summed E-state index contributed by atoms with van der Waals surface area (Å²) in [6, 6.07) is 26.5. The molecule has 2 aliphatic heterocycles. The van der Waals surface area contributed by atoms with Gasteiger partial charge in [-0.1, -0.05) is 60.7 Å². The number of benzene rings is 3. The van der Waals surface area contributed by atoms with Gasteiger partial charge in [0.15, 0.2) is 0 Å². The summed E-state index contributed by atoms with van der Waals surface area (Å²) in [5, 5.41) is 1.05. The Kier molecular flexibility index (Phi) is 6.22. The average molecular weight is 480 g/mol. The molecule has 0 saturated carbocycles. The predicted octanol–water partition coefficient (Wildman–Crippen LogP) is 3.91. The maximum Gasteiger partial charge on any atom is 0.236 e. The zero-order valence-electron chi connectivity index (χ0n) is 20.2. The monoisotopic (exact) mass is 479 g/mol. The van der Waals surface area contributed by atoms with Crippen LogP contribution in [0, 0.1) is 0 Å². The van der Waals surface area contributed by atoms with Crippen molar-refractivity contribution in [2.75, 3.05) is 44.2 Å². The molecule has 182 valence electrons. The topological polar surface area (TPSA) is 61.8 Å². The standard InChI is InChI=1S/C29H29N5O2/c35-28(33-14-16-34(17-15-33)29-24-11-5-6-12-25(24)30-21-31-29)20-32-18-23-10-4-7-13-26(23)36-27(19-32)22-8-2-1-3-9-22/h1-13,21,27H,14-20H2. The first-order chi connectivity index (χ1) is 17.7. The summed E-state index contributed by atoms with van der Waals surface area (Å²) in [5.74, 6) is 2.00. The third-order valence-corrected chi connectivity index (χ3v) is 7.04. The van der Waals surface area contributed by atoms with Crippen molar-refractivity contribution in [3.8, 4) is 5.75 Å². The van der Waals surface area contributed by atoms with Crippen molar-refractivity contribution in [1.29, 1.82) is 0 Å². The van der Waals surface area contributed by atoms with Crippen LogP contribution in [0.3, 0.4) is 0 Å². The fourth-order valence-corrected chi connectivity index (χ4v) is 5.14. The molecule has 6 rings (SSSR count). The number of hydrogen-bond acceptors (Lipinski definition) is 6. The highest BCUT2D eigenvalue weighted by Gasteiger charge is 2.28. The van der Waals surface area contributed by atoms with Gasteiger partial charge in [0.2, 0.25) is 5.91 Å². The Balaban J connectivity index is 1.14. The van der Waals surface area contributed by atoms with E-state index < -0.39 is 0 Å². The van der Waals surface area contributed by atoms with Gasteiger partial charge < -0.3 is 14.5 Å². The number of carbonyl (C=O) groups excluding carboxylic acids is 1. The summed E-state index contributed by atoms with van der Waals surface area (Å²) in [7, 11) is 0. The van der Waals surface area contributed by atoms with Crippen LogP contribution in [0.4, 0.5) is 5.82 Å². The highest BCUT2D eigenvalue weighted by Crippen LogP contribution is 2.31. The molecule has 7 nitrogen and oxygen atoms in total. The van der Waals surface area contributed by atoms with Crippen molar-refractivity contribution in [2.45, 2.75) is 12.6 Å². The molecular formula is C29H29N5O2. The molecular weight excluding hydrogens is 450 g/mol. The van der Waals surface area contributed by atoms with E-state index in [1.807, 2.05) is 59.5 Å². The molecule has 3 heterocycles. The molecule has 0 bridgehead atoms. The van der Waals surface area contributed by atoms with E-state index in [-0.39, 0.29) is 12.0 Å². The summed E-state index contributed by atoms with van der Waals surface area (Å²) in [4.78, 5) is 28.8. The molecule has 0 radical (unpaired) electrons. The second kappa shape index (κ2) is 9.95. The lowest BCUT2D eigenvalue weighted by Crippen LogP contribution is -2.51. The SMILES string of the molecule is O=C(CN1Cc2ccccc2OC(c2ccccc2)C1)N1CCN(c2ncnc3ccccc23)CC1. The Bertz CT molecular complexity index is 1350. The number of amides is 1. The van der Waals surface area contributed by atoms with Gasteiger partial charge in [-0.05, 0) is 23.8 Å². The normalized spacial score (nSPS) is 18.4. The first kappa shape index (κ1) is 22.5. The molecule has 2 aliphatic rings. The third-order valence-electron chi connectivity index (χ3n) is 7.04. The lowest BCUT2D eigenvalue weighted by Gasteiger charge is -2.36. The maximum atomic E-state index is 13.4. The van der Waals surface area contributed by atoms with Crippen LogP contribution in [0.25, 0.3) is 10.9 Å². The van der Waals surface area contributed by atoms with E-state index >= 15 is 0 Å². The van der Waals surface area contributed by atoms with Gasteiger partial charge in [-0.3, -0.25) is 9.69 Å². The van der Waals surface area contributed by atoms with Crippen LogP contribution >= 0.6 is 0 Å². The van der Waals surface area contributed by atoms with Crippen LogP contribution in [0.2, 0.25) is 0 Å². The molecule has 36 heavy (non-hydrogen) atoms. The summed E-state index contributed by atoms with van der Waals surface area (Å²) in [6.07, 6.45) is 1.50. The second-order valence-electron chi connectivity index (χ2n) is 9.38. The van der Waals surface area contributed by atoms with E-state index in [2.05, 4.69) is 44.0 Å². The van der Waals surface area contributed by atoms with Crippen LogP contribution in [-0.4, -0.2) is 64.9 Å². The molecule has 1 atom stereocenters. The van der Waals surface area contributed by atoms with Gasteiger partial charge in [-0.25, -0.2) is 9.97 Å². The summed E-state index contributed by atoms with van der Waals surface area (Å²) in [6.45, 7) is 4.60. The van der Waals surface area contributed by atoms with E-state index in [4.69, 9.17) is 4.74 Å². The zero-order valence-corrected chi connectivity index (χ0v) is 20.2. The first-order valence-corrected chi connectivity index (χ1v) is 12.5. The fraction of sp³-hybridized carbons (Fsp3) is 0.276. The van der Waals surface area contributed by atoms with Gasteiger partial charge in [0.25, 0.3) is 0 Å². The lowest BCUT2D eigenvalue weighted by atomic mass is 10.1. The van der Waals surface area contributed by atoms with Crippen molar-refractivity contribution in [3.63, 3.8) is 0 Å². The second-order valence-corrected chi connectivity index (χ2v) is 9.38. The Morgan fingerprint density at radius 3 is 2.47 bits per heavy atom. The summed E-state index contributed by atoms with van der Waals surface area (Å²) < 4.78 is 6.41. The summed E-state index contributed by atoms with van der Waals surface area (Å²) in [5.41, 5.74) is 3.18. The zero-order chi connectivity index (χ0) is 24.3. The van der Waals surface area contributed by atoms with Gasteiger partial charge in [0, 0.05) is 50.2 Å². The van der Waals surface area contributed by atoms with Crippen molar-refractivity contribution >= 4 is 22.6 Å². The Morgan fingerprint density at radius 2 is 1.61 bits per heavy atom. The largest absolute Gasteiger partial charge is 0.484 e. The Labute approximate surface area is 210 Å². The van der Waals surface area contributed by atoms with Crippen LogP contribution in [0.5, 0.6) is 5.75 Å². The number of rotatable bonds is 4. The van der Waals surface area contributed by atoms with Crippen LogP contribution in [-0.2, 0) is 11.3 Å². The van der Waals surface area contributed by atoms with Gasteiger partial charge in [0.1, 0.15) is 24.0 Å². The number of piperazine rings is 1. The molecule has 3 aromatic carbocycles. The van der Waals surface area contributed by atoms with E-state index in [1.54, 1.807) is 6.33 Å². The van der Waals surface area contributed by atoms with Crippen LogP contribution < -0.4 is 9.64 Å². The molecule has 7 heteroatoms. The number of nitrogens with zero attached hydrogens (tertiary/aromatic N) is 5. The van der Waals surface area contributed by atoms with Crippen LogP contribution in [0.15, 0.2) is 85.2 Å². The van der Waals surface area contributed by atoms with E-state index in [9.17, 15) is 4.79 Å². The molecule has 0 spiro atoms. The third kappa shape index (κ3) is 4.62. The van der Waals surface area contributed by atoms with Gasteiger partial charge in [0.05, 0.1) is 12.1 Å². The minimum atomic E-state index is -0.120. The molecule has 1 saturated heterocycles. The van der Waals surface area contributed by atoms with Gasteiger partial charge >= 0.3 is 0 Å². The molecule has 1 fully saturated rings. The smallest absolute Gasteiger partial charge is 0.236 e. The molecule has 1 amide bonds. The molecule has 1 unspecified atom stereocenters. The van der Waals surface area contributed by atoms with Crippen molar-refractivity contribution in [2.24, 2.45) is 0 Å². The van der Waals surface area contributed by atoms with Crippen molar-refractivity contribution in [3.05, 3.63) is 96.3 Å². The fourth-order valence-electron chi connectivity index (χ4n) is 5.14. The molecule has 4 aromatic rings. The highest BCUT2D eigenvalue weighted by atomic mass is 16.5. The van der Waals surface area contributed by atoms with Crippen molar-refractivity contribution < 1.29 is 9.53 Å². The van der Waals surface area contributed by atoms with E-state index in [0.29, 0.717) is 32.7 Å². The maximum absolute atomic E-state index is 13.4. The van der Waals surface area contributed by atoms with Gasteiger partial charge in [-0.2, -0.15) is 0 Å². The molecule has 1 aromatic heterocycles. The Morgan fingerprint density at radius 1 is 0.861 bits per heavy atom. The number of aromatic nitrogens is 2. The minimum Gasteiger partial charge on any atom is -0.484 e. The quantitative estimate of drug-likeness (QED) is 0.442. The number of hydrogen-bond donors (Lipinski definition) is 0.